The lowest BCUT2D eigenvalue weighted by molar-refractivity contribution is -0.144. The number of phenols is 1. The van der Waals surface area contributed by atoms with Crippen molar-refractivity contribution in [2.75, 3.05) is 5.75 Å². The Morgan fingerprint density at radius 1 is 0.886 bits per heavy atom. The number of aliphatic carboxylic acids is 1. The number of carboxylic acid groups (broad SMARTS) is 1. The number of benzene rings is 1. The molecule has 1 aromatic rings. The molecule has 1 rings (SSSR count). The van der Waals surface area contributed by atoms with Gasteiger partial charge < -0.3 is 31.9 Å². The quantitative estimate of drug-likeness (QED) is 0.182. The van der Waals surface area contributed by atoms with E-state index in [1.54, 1.807) is 26.0 Å². The fourth-order valence-electron chi connectivity index (χ4n) is 3.32. The highest BCUT2D eigenvalue weighted by Crippen LogP contribution is 2.14. The lowest BCUT2D eigenvalue weighted by atomic mass is 9.95. The van der Waals surface area contributed by atoms with Crippen molar-refractivity contribution < 1.29 is 29.4 Å². The minimum Gasteiger partial charge on any atom is -0.508 e. The molecule has 0 aliphatic carbocycles. The molecular formula is C24H38N4O6S. The first-order valence-electron chi connectivity index (χ1n) is 11.7. The molecule has 0 aliphatic heterocycles. The first kappa shape index (κ1) is 30.2. The Kier molecular flexibility index (Phi) is 12.6. The van der Waals surface area contributed by atoms with Gasteiger partial charge in [0.15, 0.2) is 0 Å². The van der Waals surface area contributed by atoms with Gasteiger partial charge in [0.2, 0.25) is 17.7 Å². The Hall–Kier alpha value is -2.79. The van der Waals surface area contributed by atoms with Crippen molar-refractivity contribution in [1.82, 2.24) is 16.0 Å². The molecule has 6 unspecified atom stereocenters. The van der Waals surface area contributed by atoms with Crippen molar-refractivity contribution in [1.29, 1.82) is 0 Å². The second-order valence-corrected chi connectivity index (χ2v) is 9.17. The van der Waals surface area contributed by atoms with Gasteiger partial charge >= 0.3 is 5.97 Å². The smallest absolute Gasteiger partial charge is 0.326 e. The van der Waals surface area contributed by atoms with E-state index in [0.717, 1.165) is 0 Å². The van der Waals surface area contributed by atoms with Crippen LogP contribution in [0, 0.1) is 11.8 Å². The maximum atomic E-state index is 13.3. The molecule has 3 amide bonds. The van der Waals surface area contributed by atoms with Gasteiger partial charge in [-0.25, -0.2) is 4.79 Å². The summed E-state index contributed by atoms with van der Waals surface area (Å²) in [5.41, 5.74) is 6.41. The summed E-state index contributed by atoms with van der Waals surface area (Å²) in [6.07, 6.45) is 1.17. The first-order chi connectivity index (χ1) is 16.4. The first-order valence-corrected chi connectivity index (χ1v) is 12.4. The van der Waals surface area contributed by atoms with Gasteiger partial charge in [0.1, 0.15) is 23.9 Å². The summed E-state index contributed by atoms with van der Waals surface area (Å²) in [7, 11) is 0. The van der Waals surface area contributed by atoms with E-state index in [-0.39, 0.29) is 29.8 Å². The number of carbonyl (C=O) groups excluding carboxylic acids is 3. The molecule has 6 atom stereocenters. The van der Waals surface area contributed by atoms with Crippen LogP contribution in [0.2, 0.25) is 0 Å². The third kappa shape index (κ3) is 9.41. The molecule has 0 radical (unpaired) electrons. The van der Waals surface area contributed by atoms with Crippen molar-refractivity contribution in [3.8, 4) is 5.75 Å². The second-order valence-electron chi connectivity index (χ2n) is 8.80. The maximum absolute atomic E-state index is 13.3. The van der Waals surface area contributed by atoms with Gasteiger partial charge in [0.05, 0.1) is 6.04 Å². The van der Waals surface area contributed by atoms with Crippen molar-refractivity contribution >= 4 is 36.3 Å². The molecule has 196 valence electrons. The summed E-state index contributed by atoms with van der Waals surface area (Å²) in [6.45, 7) is 7.17. The molecule has 1 aromatic carbocycles. The third-order valence-corrected chi connectivity index (χ3v) is 6.51. The Labute approximate surface area is 211 Å². The van der Waals surface area contributed by atoms with Gasteiger partial charge in [-0.05, 0) is 29.5 Å². The molecule has 0 bridgehead atoms. The number of thiol groups is 1. The maximum Gasteiger partial charge on any atom is 0.326 e. The number of nitrogens with one attached hydrogen (secondary N) is 3. The van der Waals surface area contributed by atoms with Crippen LogP contribution in [0.5, 0.6) is 5.75 Å². The second kappa shape index (κ2) is 14.6. The summed E-state index contributed by atoms with van der Waals surface area (Å²) >= 11 is 4.02. The van der Waals surface area contributed by atoms with E-state index in [1.165, 1.54) is 12.1 Å². The molecule has 0 heterocycles. The number of nitrogens with two attached hydrogens (primary N) is 1. The van der Waals surface area contributed by atoms with E-state index < -0.39 is 47.9 Å². The summed E-state index contributed by atoms with van der Waals surface area (Å²) in [6, 6.07) is 2.03. The van der Waals surface area contributed by atoms with Crippen LogP contribution in [0.15, 0.2) is 24.3 Å². The van der Waals surface area contributed by atoms with Crippen LogP contribution in [-0.4, -0.2) is 63.8 Å². The largest absolute Gasteiger partial charge is 0.508 e. The summed E-state index contributed by atoms with van der Waals surface area (Å²) in [5, 5.41) is 26.9. The third-order valence-electron chi connectivity index (χ3n) is 6.11. The molecule has 0 saturated heterocycles. The normalized spacial score (nSPS) is 16.2. The fourth-order valence-corrected chi connectivity index (χ4v) is 3.49. The summed E-state index contributed by atoms with van der Waals surface area (Å²) < 4.78 is 0. The standard InChI is InChI=1S/C24H38N4O6S/c1-5-13(3)19(23(32)28-20(24(33)34)14(4)6-2)27-22(31)18(26-21(30)17(25)12-35)11-15-7-9-16(29)10-8-15/h7-10,13-14,17-20,29,35H,5-6,11-12,25H2,1-4H3,(H,26,30)(H,27,31)(H,28,32)(H,33,34). The zero-order chi connectivity index (χ0) is 26.7. The van der Waals surface area contributed by atoms with Gasteiger partial charge in [-0.1, -0.05) is 52.7 Å². The highest BCUT2D eigenvalue weighted by molar-refractivity contribution is 7.80. The van der Waals surface area contributed by atoms with Crippen LogP contribution in [0.25, 0.3) is 0 Å². The van der Waals surface area contributed by atoms with Crippen LogP contribution in [0.1, 0.15) is 46.1 Å². The predicted octanol–water partition coefficient (Wildman–Crippen LogP) is 0.823. The topological polar surface area (TPSA) is 171 Å². The lowest BCUT2D eigenvalue weighted by Gasteiger charge is -2.29. The molecule has 0 spiro atoms. The average molecular weight is 511 g/mol. The molecular weight excluding hydrogens is 472 g/mol. The van der Waals surface area contributed by atoms with Crippen molar-refractivity contribution in [3.63, 3.8) is 0 Å². The molecule has 0 saturated carbocycles. The molecule has 10 nitrogen and oxygen atoms in total. The van der Waals surface area contributed by atoms with E-state index in [1.807, 2.05) is 13.8 Å². The van der Waals surface area contributed by atoms with Gasteiger partial charge in [0.25, 0.3) is 0 Å². The molecule has 11 heteroatoms. The van der Waals surface area contributed by atoms with Gasteiger partial charge in [-0.3, -0.25) is 14.4 Å². The number of aromatic hydroxyl groups is 1. The van der Waals surface area contributed by atoms with Crippen molar-refractivity contribution in [3.05, 3.63) is 29.8 Å². The number of carboxylic acids is 1. The Morgan fingerprint density at radius 3 is 1.89 bits per heavy atom. The lowest BCUT2D eigenvalue weighted by Crippen LogP contribution is -2.59. The Balaban J connectivity index is 3.16. The highest BCUT2D eigenvalue weighted by Gasteiger charge is 2.34. The highest BCUT2D eigenvalue weighted by atomic mass is 32.1. The number of phenolic OH excluding ortho intramolecular Hbond substituents is 1. The Morgan fingerprint density at radius 2 is 1.40 bits per heavy atom. The van der Waals surface area contributed by atoms with E-state index in [9.17, 15) is 29.4 Å². The number of hydrogen-bond donors (Lipinski definition) is 7. The molecule has 35 heavy (non-hydrogen) atoms. The monoisotopic (exact) mass is 510 g/mol. The van der Waals surface area contributed by atoms with E-state index in [4.69, 9.17) is 5.73 Å². The van der Waals surface area contributed by atoms with Crippen molar-refractivity contribution in [2.24, 2.45) is 17.6 Å². The van der Waals surface area contributed by atoms with Crippen LogP contribution in [0.4, 0.5) is 0 Å². The van der Waals surface area contributed by atoms with Crippen molar-refractivity contribution in [2.45, 2.75) is 71.1 Å². The zero-order valence-corrected chi connectivity index (χ0v) is 21.5. The van der Waals surface area contributed by atoms with Crippen LogP contribution in [0.3, 0.4) is 0 Å². The number of rotatable bonds is 14. The average Bonchev–Trinajstić information content (AvgIpc) is 2.84. The predicted molar refractivity (Wildman–Crippen MR) is 136 cm³/mol. The molecule has 0 aliphatic rings. The molecule has 0 aromatic heterocycles. The minimum absolute atomic E-state index is 0.0543. The minimum atomic E-state index is -1.15. The van der Waals surface area contributed by atoms with Gasteiger partial charge in [-0.2, -0.15) is 12.6 Å². The fraction of sp³-hybridized carbons (Fsp3) is 0.583. The summed E-state index contributed by atoms with van der Waals surface area (Å²) in [5.74, 6) is -3.45. The van der Waals surface area contributed by atoms with E-state index >= 15 is 0 Å². The van der Waals surface area contributed by atoms with Gasteiger partial charge in [-0.15, -0.1) is 0 Å². The Bertz CT molecular complexity index is 866. The van der Waals surface area contributed by atoms with Crippen LogP contribution in [-0.2, 0) is 25.6 Å². The summed E-state index contributed by atoms with van der Waals surface area (Å²) in [4.78, 5) is 50.5. The zero-order valence-electron chi connectivity index (χ0n) is 20.7. The number of carbonyl (C=O) groups is 4. The number of amides is 3. The molecule has 7 N–H and O–H groups in total. The van der Waals surface area contributed by atoms with Crippen LogP contribution >= 0.6 is 12.6 Å². The van der Waals surface area contributed by atoms with Crippen LogP contribution < -0.4 is 21.7 Å². The molecule has 0 fully saturated rings. The van der Waals surface area contributed by atoms with E-state index in [2.05, 4.69) is 28.6 Å². The SMILES string of the molecule is CCC(C)C(NC(=O)C(NC(=O)C(Cc1ccc(O)cc1)NC(=O)C(N)CS)C(C)CC)C(=O)O. The van der Waals surface area contributed by atoms with E-state index in [0.29, 0.717) is 18.4 Å². The van der Waals surface area contributed by atoms with Gasteiger partial charge in [0, 0.05) is 12.2 Å². The number of hydrogen-bond acceptors (Lipinski definition) is 7.